The normalized spacial score (nSPS) is 19.7. The highest BCUT2D eigenvalue weighted by Gasteiger charge is 2.29. The van der Waals surface area contributed by atoms with E-state index in [-0.39, 0.29) is 18.2 Å². The molecule has 0 saturated carbocycles. The van der Waals surface area contributed by atoms with Gasteiger partial charge >= 0.3 is 0 Å². The molecule has 0 amide bonds. The van der Waals surface area contributed by atoms with Crippen LogP contribution in [0.3, 0.4) is 0 Å². The zero-order valence-electron chi connectivity index (χ0n) is 24.9. The second-order valence-electron chi connectivity index (χ2n) is 12.3. The first kappa shape index (κ1) is 26.2. The van der Waals surface area contributed by atoms with Crippen molar-refractivity contribution in [2.24, 2.45) is 0 Å². The third kappa shape index (κ3) is 4.68. The van der Waals surface area contributed by atoms with Crippen molar-refractivity contribution in [2.75, 3.05) is 0 Å². The van der Waals surface area contributed by atoms with Gasteiger partial charge in [0, 0.05) is 18.0 Å². The topological polar surface area (TPSA) is 34.2 Å². The van der Waals surface area contributed by atoms with E-state index >= 15 is 0 Å². The van der Waals surface area contributed by atoms with Crippen LogP contribution < -0.4 is 5.32 Å². The quantitative estimate of drug-likeness (QED) is 0.210. The van der Waals surface area contributed by atoms with E-state index in [1.165, 1.54) is 54.2 Å². The fourth-order valence-corrected chi connectivity index (χ4v) is 7.20. The van der Waals surface area contributed by atoms with E-state index in [1.807, 2.05) is 6.20 Å². The number of fused-ring (bicyclic) bond motifs is 6. The Kier molecular flexibility index (Phi) is 6.24. The molecular weight excluding hydrogens is 548 g/mol. The van der Waals surface area contributed by atoms with Crippen LogP contribution in [0.2, 0.25) is 0 Å². The molecule has 0 bridgehead atoms. The van der Waals surface area contributed by atoms with Crippen molar-refractivity contribution < 1.29 is 4.74 Å². The minimum absolute atomic E-state index is 0.0573. The van der Waals surface area contributed by atoms with E-state index in [2.05, 4.69) is 145 Å². The molecule has 216 valence electrons. The van der Waals surface area contributed by atoms with E-state index in [4.69, 9.17) is 9.72 Å². The van der Waals surface area contributed by atoms with Gasteiger partial charge in [-0.3, -0.25) is 4.98 Å². The smallest absolute Gasteiger partial charge is 0.0849 e. The molecule has 3 atom stereocenters. The summed E-state index contributed by atoms with van der Waals surface area (Å²) in [6.07, 6.45) is 10.8. The van der Waals surface area contributed by atoms with Crippen molar-refractivity contribution in [1.82, 2.24) is 10.3 Å². The largest absolute Gasteiger partial charge is 0.380 e. The number of rotatable bonds is 4. The predicted octanol–water partition coefficient (Wildman–Crippen LogP) is 10.4. The molecule has 1 fully saturated rings. The first-order valence-corrected chi connectivity index (χ1v) is 15.9. The summed E-state index contributed by atoms with van der Waals surface area (Å²) in [4.78, 5) is 4.86. The summed E-state index contributed by atoms with van der Waals surface area (Å²) >= 11 is 0. The van der Waals surface area contributed by atoms with Crippen LogP contribution in [0.4, 0.5) is 0 Å². The molecule has 3 unspecified atom stereocenters. The van der Waals surface area contributed by atoms with Gasteiger partial charge in [0.1, 0.15) is 0 Å². The second-order valence-corrected chi connectivity index (χ2v) is 12.3. The van der Waals surface area contributed by atoms with Gasteiger partial charge in [-0.1, -0.05) is 115 Å². The summed E-state index contributed by atoms with van der Waals surface area (Å²) in [6.45, 7) is 0. The third-order valence-electron chi connectivity index (χ3n) is 9.63. The lowest BCUT2D eigenvalue weighted by molar-refractivity contribution is 0.0659. The predicted molar refractivity (Wildman–Crippen MR) is 186 cm³/mol. The van der Waals surface area contributed by atoms with Crippen LogP contribution in [0.25, 0.3) is 54.3 Å². The van der Waals surface area contributed by atoms with Crippen LogP contribution in [-0.4, -0.2) is 11.1 Å². The average Bonchev–Trinajstić information content (AvgIpc) is 3.62. The number of ether oxygens (including phenoxy) is 1. The van der Waals surface area contributed by atoms with Crippen molar-refractivity contribution in [3.05, 3.63) is 163 Å². The van der Waals surface area contributed by atoms with Crippen LogP contribution in [0.5, 0.6) is 0 Å². The number of pyridine rings is 1. The van der Waals surface area contributed by atoms with Gasteiger partial charge in [-0.15, -0.1) is 0 Å². The van der Waals surface area contributed by atoms with E-state index < -0.39 is 0 Å². The molecule has 1 aromatic heterocycles. The number of dihydropyridines is 1. The number of aromatic nitrogens is 1. The summed E-state index contributed by atoms with van der Waals surface area (Å²) in [5.41, 5.74) is 5.73. The maximum Gasteiger partial charge on any atom is 0.0849 e. The molecule has 3 nitrogen and oxygen atoms in total. The number of hydrogen-bond donors (Lipinski definition) is 1. The number of nitrogens with one attached hydrogen (secondary N) is 1. The van der Waals surface area contributed by atoms with Gasteiger partial charge in [0.15, 0.2) is 0 Å². The number of hydrogen-bond acceptors (Lipinski definition) is 3. The summed E-state index contributed by atoms with van der Waals surface area (Å²) in [5.74, 6) is 0. The van der Waals surface area contributed by atoms with E-state index in [0.29, 0.717) is 0 Å². The van der Waals surface area contributed by atoms with Gasteiger partial charge in [0.05, 0.1) is 23.9 Å². The van der Waals surface area contributed by atoms with E-state index in [0.717, 1.165) is 29.7 Å². The zero-order chi connectivity index (χ0) is 29.7. The fourth-order valence-electron chi connectivity index (χ4n) is 7.20. The summed E-state index contributed by atoms with van der Waals surface area (Å²) < 4.78 is 6.57. The number of nitrogens with zero attached hydrogens (tertiary/aromatic N) is 1. The van der Waals surface area contributed by atoms with E-state index in [9.17, 15) is 0 Å². The van der Waals surface area contributed by atoms with Gasteiger partial charge in [-0.05, 0) is 90.8 Å². The van der Waals surface area contributed by atoms with Gasteiger partial charge in [0.2, 0.25) is 0 Å². The minimum atomic E-state index is 0.0573. The van der Waals surface area contributed by atoms with Gasteiger partial charge in [0.25, 0.3) is 0 Å². The molecule has 3 heteroatoms. The van der Waals surface area contributed by atoms with E-state index in [1.54, 1.807) is 0 Å². The summed E-state index contributed by atoms with van der Waals surface area (Å²) in [6, 6.07) is 43.9. The van der Waals surface area contributed by atoms with Crippen LogP contribution in [0.1, 0.15) is 36.1 Å². The van der Waals surface area contributed by atoms with Crippen molar-refractivity contribution in [2.45, 2.75) is 31.1 Å². The van der Waals surface area contributed by atoms with Gasteiger partial charge in [-0.2, -0.15) is 0 Å². The molecule has 0 spiro atoms. The summed E-state index contributed by atoms with van der Waals surface area (Å²) in [5, 5.41) is 13.8. The van der Waals surface area contributed by atoms with Crippen LogP contribution >= 0.6 is 0 Å². The van der Waals surface area contributed by atoms with Crippen LogP contribution in [0, 0.1) is 0 Å². The second kappa shape index (κ2) is 10.7. The Labute approximate surface area is 262 Å². The van der Waals surface area contributed by atoms with Crippen LogP contribution in [-0.2, 0) is 4.74 Å². The highest BCUT2D eigenvalue weighted by Crippen LogP contribution is 2.38. The standard InChI is InChI=1S/C42H32N2O/c1-3-7-35-27(5-1)9-11-29-23-31(13-17-37(29)35)39-19-15-33(25-43-39)41-21-22-42(45-41)34-16-20-40(44-26-34)32-14-18-38-30(24-32)12-10-28-6-2-4-8-36(28)38/h1-20,23-26,39,41-43H,21-22H2. The molecule has 0 radical (unpaired) electrons. The Morgan fingerprint density at radius 3 is 1.93 bits per heavy atom. The van der Waals surface area contributed by atoms with Gasteiger partial charge in [-0.25, -0.2) is 0 Å². The lowest BCUT2D eigenvalue weighted by Crippen LogP contribution is -2.21. The fraction of sp³-hybridized carbons (Fsp3) is 0.119. The minimum Gasteiger partial charge on any atom is -0.380 e. The molecular formula is C42H32N2O. The SMILES string of the molecule is C1=CC(c2ccc3c(ccc4ccccc43)c2)NC=C1C1CCC(c2ccc(-c3ccc4c(ccc5ccccc54)c3)nc2)O1. The molecule has 3 heterocycles. The Morgan fingerprint density at radius 1 is 0.578 bits per heavy atom. The van der Waals surface area contributed by atoms with Crippen molar-refractivity contribution >= 4 is 43.1 Å². The molecule has 0 aliphatic carbocycles. The monoisotopic (exact) mass is 580 g/mol. The molecule has 6 aromatic carbocycles. The molecule has 1 saturated heterocycles. The average molecular weight is 581 g/mol. The molecule has 2 aliphatic rings. The molecule has 45 heavy (non-hydrogen) atoms. The third-order valence-corrected chi connectivity index (χ3v) is 9.63. The highest BCUT2D eigenvalue weighted by molar-refractivity contribution is 6.09. The molecule has 1 N–H and O–H groups in total. The molecule has 7 aromatic rings. The lowest BCUT2D eigenvalue weighted by atomic mass is 9.95. The summed E-state index contributed by atoms with van der Waals surface area (Å²) in [7, 11) is 0. The van der Waals surface area contributed by atoms with Crippen molar-refractivity contribution in [3.8, 4) is 11.3 Å². The molecule has 2 aliphatic heterocycles. The Morgan fingerprint density at radius 2 is 1.22 bits per heavy atom. The zero-order valence-corrected chi connectivity index (χ0v) is 24.9. The maximum absolute atomic E-state index is 6.57. The van der Waals surface area contributed by atoms with Gasteiger partial charge < -0.3 is 10.1 Å². The maximum atomic E-state index is 6.57. The first-order valence-electron chi connectivity index (χ1n) is 15.9. The first-order chi connectivity index (χ1) is 22.3. The van der Waals surface area contributed by atoms with Crippen LogP contribution in [0.15, 0.2) is 151 Å². The number of benzene rings is 6. The Hall–Kier alpha value is -5.25. The highest BCUT2D eigenvalue weighted by atomic mass is 16.5. The Bertz CT molecular complexity index is 2300. The van der Waals surface area contributed by atoms with Crippen molar-refractivity contribution in [1.29, 1.82) is 0 Å². The van der Waals surface area contributed by atoms with Crippen molar-refractivity contribution in [3.63, 3.8) is 0 Å². The molecule has 9 rings (SSSR count). The lowest BCUT2D eigenvalue weighted by Gasteiger charge is -2.23. The Balaban J connectivity index is 0.879.